The van der Waals surface area contributed by atoms with E-state index in [1.165, 1.54) is 16.7 Å². The number of aliphatic carboxylic acids is 2. The molecule has 0 saturated heterocycles. The van der Waals surface area contributed by atoms with Crippen molar-refractivity contribution in [3.05, 3.63) is 101 Å². The van der Waals surface area contributed by atoms with Gasteiger partial charge in [0.15, 0.2) is 0 Å². The molecule has 3 aromatic rings. The van der Waals surface area contributed by atoms with E-state index in [-0.39, 0.29) is 38.8 Å². The normalized spacial score (nSPS) is 17.6. The molecule has 2 heterocycles. The highest BCUT2D eigenvalue weighted by Crippen LogP contribution is 2.34. The molecule has 59 heavy (non-hydrogen) atoms. The Morgan fingerprint density at radius 3 is 2.27 bits per heavy atom. The molecule has 5 N–H and O–H groups in total. The number of hydrogen-bond donors (Lipinski definition) is 5. The summed E-state index contributed by atoms with van der Waals surface area (Å²) in [6.45, 7) is 4.79. The van der Waals surface area contributed by atoms with Crippen molar-refractivity contribution in [2.45, 2.75) is 102 Å². The zero-order valence-corrected chi connectivity index (χ0v) is 33.1. The lowest BCUT2D eigenvalue weighted by Crippen LogP contribution is -2.61. The Balaban J connectivity index is 1.47. The Morgan fingerprint density at radius 1 is 0.881 bits per heavy atom. The van der Waals surface area contributed by atoms with E-state index in [2.05, 4.69) is 16.0 Å². The fraction of sp³-hybridized carbons (Fsp3) is 0.395. The van der Waals surface area contributed by atoms with Gasteiger partial charge in [-0.2, -0.15) is 0 Å². The molecule has 5 rings (SSSR count). The first kappa shape index (κ1) is 43.7. The number of carboxylic acids is 2. The summed E-state index contributed by atoms with van der Waals surface area (Å²) in [4.78, 5) is 107. The minimum absolute atomic E-state index is 0.00225. The van der Waals surface area contributed by atoms with E-state index in [4.69, 9.17) is 4.74 Å². The molecule has 312 valence electrons. The van der Waals surface area contributed by atoms with E-state index in [0.717, 1.165) is 22.3 Å². The van der Waals surface area contributed by atoms with Crippen LogP contribution in [0.1, 0.15) is 73.4 Å². The molecule has 0 radical (unpaired) electrons. The number of amides is 5. The van der Waals surface area contributed by atoms with Crippen molar-refractivity contribution in [2.24, 2.45) is 0 Å². The van der Waals surface area contributed by atoms with Crippen molar-refractivity contribution in [1.29, 1.82) is 0 Å². The lowest BCUT2D eigenvalue weighted by Gasteiger charge is -2.40. The second kappa shape index (κ2) is 19.8. The van der Waals surface area contributed by atoms with Gasteiger partial charge in [-0.05, 0) is 61.4 Å². The van der Waals surface area contributed by atoms with Gasteiger partial charge < -0.3 is 40.6 Å². The number of ether oxygens (including phenoxy) is 1. The quantitative estimate of drug-likeness (QED) is 0.117. The molecule has 0 bridgehead atoms. The van der Waals surface area contributed by atoms with Crippen LogP contribution in [0.15, 0.2) is 72.8 Å². The van der Waals surface area contributed by atoms with Crippen LogP contribution >= 0.6 is 0 Å². The zero-order valence-electron chi connectivity index (χ0n) is 33.1. The lowest BCUT2D eigenvalue weighted by atomic mass is 9.89. The van der Waals surface area contributed by atoms with Crippen LogP contribution in [-0.2, 0) is 62.5 Å². The van der Waals surface area contributed by atoms with Crippen LogP contribution in [0.25, 0.3) is 0 Å². The number of nitrogens with one attached hydrogen (secondary N) is 3. The Kier molecular flexibility index (Phi) is 14.7. The Morgan fingerprint density at radius 2 is 1.59 bits per heavy atom. The van der Waals surface area contributed by atoms with Crippen molar-refractivity contribution in [2.75, 3.05) is 11.4 Å². The van der Waals surface area contributed by atoms with Gasteiger partial charge in [0.05, 0.1) is 25.2 Å². The summed E-state index contributed by atoms with van der Waals surface area (Å²) in [5, 5.41) is 26.6. The van der Waals surface area contributed by atoms with Gasteiger partial charge in [-0.15, -0.1) is 0 Å². The molecular formula is C43H49N5O11. The minimum Gasteiger partial charge on any atom is -0.481 e. The van der Waals surface area contributed by atoms with Gasteiger partial charge in [0.2, 0.25) is 29.5 Å². The van der Waals surface area contributed by atoms with Crippen LogP contribution in [0.3, 0.4) is 0 Å². The first-order valence-corrected chi connectivity index (χ1v) is 19.4. The number of hydrogen-bond acceptors (Lipinski definition) is 9. The van der Waals surface area contributed by atoms with E-state index < -0.39 is 84.2 Å². The van der Waals surface area contributed by atoms with Crippen LogP contribution in [0.2, 0.25) is 0 Å². The summed E-state index contributed by atoms with van der Waals surface area (Å²) in [5.41, 5.74) is 4.18. The number of carboxylic acid groups (broad SMARTS) is 2. The summed E-state index contributed by atoms with van der Waals surface area (Å²) in [5.74, 6) is -5.88. The molecule has 0 aliphatic carbocycles. The molecule has 0 spiro atoms. The smallest absolute Gasteiger partial charge is 0.305 e. The SMILES string of the molecule is CC(=O)N1c2ccccc2C[C@H]1C(=O)N[C@@H](CCCC(=O)O)C(=O)N[C@H](C(=O)N1CCc2cc(C)ccc2C1C(=O)N[C@H](C=O)CC(=O)O)C(C)OCc1ccccc1. The number of aldehydes is 1. The predicted molar refractivity (Wildman–Crippen MR) is 213 cm³/mol. The molecule has 0 fully saturated rings. The molecule has 2 aliphatic heterocycles. The maximum Gasteiger partial charge on any atom is 0.305 e. The number of fused-ring (bicyclic) bond motifs is 2. The molecular weight excluding hydrogens is 762 g/mol. The second-order valence-electron chi connectivity index (χ2n) is 14.8. The fourth-order valence-corrected chi connectivity index (χ4v) is 7.55. The van der Waals surface area contributed by atoms with E-state index >= 15 is 0 Å². The Labute approximate surface area is 341 Å². The molecule has 2 aliphatic rings. The highest BCUT2D eigenvalue weighted by Gasteiger charge is 2.43. The molecule has 3 aromatic carbocycles. The van der Waals surface area contributed by atoms with Gasteiger partial charge >= 0.3 is 11.9 Å². The predicted octanol–water partition coefficient (Wildman–Crippen LogP) is 2.39. The fourth-order valence-electron chi connectivity index (χ4n) is 7.55. The third-order valence-electron chi connectivity index (χ3n) is 10.5. The molecule has 0 saturated carbocycles. The summed E-state index contributed by atoms with van der Waals surface area (Å²) >= 11 is 0. The summed E-state index contributed by atoms with van der Waals surface area (Å²) in [6.07, 6.45) is -1.41. The lowest BCUT2D eigenvalue weighted by molar-refractivity contribution is -0.148. The number of carbonyl (C=O) groups excluding carboxylic acids is 6. The number of benzene rings is 3. The van der Waals surface area contributed by atoms with Crippen LogP contribution < -0.4 is 20.9 Å². The topological polar surface area (TPSA) is 229 Å². The second-order valence-corrected chi connectivity index (χ2v) is 14.8. The molecule has 16 heteroatoms. The van der Waals surface area contributed by atoms with E-state index in [1.807, 2.05) is 31.2 Å². The van der Waals surface area contributed by atoms with Crippen molar-refractivity contribution in [3.63, 3.8) is 0 Å². The summed E-state index contributed by atoms with van der Waals surface area (Å²) in [7, 11) is 0. The first-order valence-electron chi connectivity index (χ1n) is 19.4. The van der Waals surface area contributed by atoms with Gasteiger partial charge in [-0.25, -0.2) is 0 Å². The number of carbonyl (C=O) groups is 8. The average molecular weight is 812 g/mol. The van der Waals surface area contributed by atoms with Crippen molar-refractivity contribution >= 4 is 53.4 Å². The molecule has 2 unspecified atom stereocenters. The minimum atomic E-state index is -1.47. The van der Waals surface area contributed by atoms with Crippen molar-refractivity contribution in [1.82, 2.24) is 20.9 Å². The third kappa shape index (κ3) is 11.0. The van der Waals surface area contributed by atoms with E-state index in [1.54, 1.807) is 55.5 Å². The number of anilines is 1. The maximum absolute atomic E-state index is 14.9. The Hall–Kier alpha value is -6.42. The van der Waals surface area contributed by atoms with E-state index in [9.17, 15) is 48.6 Å². The molecule has 6 atom stereocenters. The van der Waals surface area contributed by atoms with Gasteiger partial charge in [0.25, 0.3) is 0 Å². The van der Waals surface area contributed by atoms with E-state index in [0.29, 0.717) is 24.0 Å². The van der Waals surface area contributed by atoms with Crippen LogP contribution in [0.4, 0.5) is 5.69 Å². The third-order valence-corrected chi connectivity index (χ3v) is 10.5. The van der Waals surface area contributed by atoms with Crippen molar-refractivity contribution < 1.29 is 53.3 Å². The monoisotopic (exact) mass is 811 g/mol. The number of rotatable bonds is 18. The van der Waals surface area contributed by atoms with Gasteiger partial charge in [0.1, 0.15) is 30.5 Å². The highest BCUT2D eigenvalue weighted by atomic mass is 16.5. The molecule has 5 amide bonds. The van der Waals surface area contributed by atoms with Crippen LogP contribution in [-0.4, -0.2) is 99.7 Å². The zero-order chi connectivity index (χ0) is 42.8. The van der Waals surface area contributed by atoms with Crippen LogP contribution in [0, 0.1) is 6.92 Å². The number of aryl methyl sites for hydroxylation is 1. The average Bonchev–Trinajstić information content (AvgIpc) is 3.61. The number of nitrogens with zero attached hydrogens (tertiary/aromatic N) is 2. The summed E-state index contributed by atoms with van der Waals surface area (Å²) in [6, 6.07) is 14.8. The van der Waals surface area contributed by atoms with Gasteiger partial charge in [-0.1, -0.05) is 72.3 Å². The largest absolute Gasteiger partial charge is 0.481 e. The van der Waals surface area contributed by atoms with Crippen molar-refractivity contribution in [3.8, 4) is 0 Å². The number of para-hydroxylation sites is 1. The molecule has 16 nitrogen and oxygen atoms in total. The van der Waals surface area contributed by atoms with Gasteiger partial charge in [-0.3, -0.25) is 38.5 Å². The Bertz CT molecular complexity index is 2080. The standard InChI is InChI=1S/C43H49N5O11/c1-25-16-17-32-29(20-25)18-19-47(39(32)42(57)44-31(23-49)22-37(53)54)43(58)38(26(2)59-24-28-10-5-4-6-11-28)46-40(55)33(13-9-15-36(51)52)45-41(56)35-21-30-12-7-8-14-34(30)48(35)27(3)50/h4-8,10-12,14,16-17,20,23,26,31,33,35,38-39H,9,13,15,18-19,21-22,24H2,1-3H3,(H,44,57)(H,45,56)(H,46,55)(H,51,52)(H,53,54)/t26?,31-,33-,35-,38-,39?/m0/s1. The van der Waals surface area contributed by atoms with Gasteiger partial charge in [0, 0.05) is 32.0 Å². The highest BCUT2D eigenvalue weighted by molar-refractivity contribution is 6.03. The molecule has 0 aromatic heterocycles. The first-order chi connectivity index (χ1) is 28.2. The van der Waals surface area contributed by atoms with Crippen LogP contribution in [0.5, 0.6) is 0 Å². The maximum atomic E-state index is 14.9. The summed E-state index contributed by atoms with van der Waals surface area (Å²) < 4.78 is 6.16.